The number of sulfonamides is 1. The summed E-state index contributed by atoms with van der Waals surface area (Å²) in [5, 5.41) is 0. The van der Waals surface area contributed by atoms with E-state index < -0.39 is 16.0 Å². The van der Waals surface area contributed by atoms with E-state index >= 15 is 0 Å². The van der Waals surface area contributed by atoms with Crippen LogP contribution in [0.25, 0.3) is 0 Å². The number of rotatable bonds is 11. The van der Waals surface area contributed by atoms with Crippen LogP contribution in [0.15, 0.2) is 77.7 Å². The number of halogens is 1. The van der Waals surface area contributed by atoms with Gasteiger partial charge in [0.25, 0.3) is 0 Å². The lowest BCUT2D eigenvalue weighted by molar-refractivity contribution is 0.0596. The Balaban J connectivity index is 1.54. The molecule has 3 aromatic rings. The SMILES string of the molecule is COC(=O)c1ccccc1S(=O)(=O)N(Cc1cccc(OCCc2ccccc2F)c1)C[C@H]1CCCO1. The molecule has 0 N–H and O–H groups in total. The number of hydrogen-bond acceptors (Lipinski definition) is 6. The molecule has 1 heterocycles. The van der Waals surface area contributed by atoms with Gasteiger partial charge in [-0.25, -0.2) is 17.6 Å². The molecule has 1 atom stereocenters. The fourth-order valence-corrected chi connectivity index (χ4v) is 5.93. The van der Waals surface area contributed by atoms with Crippen LogP contribution in [-0.4, -0.2) is 51.7 Å². The molecule has 1 aliphatic heterocycles. The van der Waals surface area contributed by atoms with Gasteiger partial charge in [-0.3, -0.25) is 0 Å². The molecule has 1 aliphatic rings. The Bertz CT molecular complexity index is 1320. The van der Waals surface area contributed by atoms with E-state index in [1.165, 1.54) is 29.6 Å². The van der Waals surface area contributed by atoms with E-state index in [1.54, 1.807) is 48.5 Å². The summed E-state index contributed by atoms with van der Waals surface area (Å²) >= 11 is 0. The standard InChI is InChI=1S/C28H30FNO6S/c1-34-28(31)25-12-3-5-14-27(25)37(32,33)30(20-24-11-7-16-35-24)19-21-8-6-10-23(18-21)36-17-15-22-9-2-4-13-26(22)29/h2-6,8-10,12-14,18,24H,7,11,15-17,19-20H2,1H3/t24-/m1/s1. The van der Waals surface area contributed by atoms with Crippen molar-refractivity contribution in [1.82, 2.24) is 4.31 Å². The summed E-state index contributed by atoms with van der Waals surface area (Å²) in [6.07, 6.45) is 1.79. The normalized spacial score (nSPS) is 15.6. The summed E-state index contributed by atoms with van der Waals surface area (Å²) < 4.78 is 59.2. The third kappa shape index (κ3) is 6.74. The highest BCUT2D eigenvalue weighted by atomic mass is 32.2. The third-order valence-electron chi connectivity index (χ3n) is 6.20. The molecule has 0 aliphatic carbocycles. The lowest BCUT2D eigenvalue weighted by atomic mass is 10.1. The zero-order valence-corrected chi connectivity index (χ0v) is 21.5. The molecule has 0 bridgehead atoms. The highest BCUT2D eigenvalue weighted by Crippen LogP contribution is 2.26. The number of esters is 1. The van der Waals surface area contributed by atoms with Gasteiger partial charge in [-0.1, -0.05) is 42.5 Å². The number of carbonyl (C=O) groups excluding carboxylic acids is 1. The molecule has 0 unspecified atom stereocenters. The second-order valence-corrected chi connectivity index (χ2v) is 10.7. The number of carbonyl (C=O) groups is 1. The number of hydrogen-bond donors (Lipinski definition) is 0. The molecule has 0 aromatic heterocycles. The summed E-state index contributed by atoms with van der Waals surface area (Å²) in [5.41, 5.74) is 1.25. The zero-order chi connectivity index (χ0) is 26.3. The first-order chi connectivity index (χ1) is 17.9. The van der Waals surface area contributed by atoms with Crippen molar-refractivity contribution in [3.05, 3.63) is 95.3 Å². The Morgan fingerprint density at radius 1 is 1.08 bits per heavy atom. The molecule has 196 valence electrons. The fourth-order valence-electron chi connectivity index (χ4n) is 4.29. The van der Waals surface area contributed by atoms with Crippen molar-refractivity contribution in [2.24, 2.45) is 0 Å². The van der Waals surface area contributed by atoms with Crippen LogP contribution in [0.2, 0.25) is 0 Å². The van der Waals surface area contributed by atoms with Crippen LogP contribution >= 0.6 is 0 Å². The van der Waals surface area contributed by atoms with Crippen molar-refractivity contribution in [3.8, 4) is 5.75 Å². The first-order valence-electron chi connectivity index (χ1n) is 12.1. The molecule has 0 spiro atoms. The predicted octanol–water partition coefficient (Wildman–Crippen LogP) is 4.60. The third-order valence-corrected chi connectivity index (χ3v) is 8.07. The molecule has 9 heteroatoms. The minimum Gasteiger partial charge on any atom is -0.493 e. The average molecular weight is 528 g/mol. The van der Waals surface area contributed by atoms with Crippen molar-refractivity contribution in [2.45, 2.75) is 36.8 Å². The quantitative estimate of drug-likeness (QED) is 0.339. The molecule has 3 aromatic carbocycles. The van der Waals surface area contributed by atoms with E-state index in [0.717, 1.165) is 12.8 Å². The first-order valence-corrected chi connectivity index (χ1v) is 13.6. The van der Waals surface area contributed by atoms with Crippen molar-refractivity contribution in [2.75, 3.05) is 26.9 Å². The van der Waals surface area contributed by atoms with E-state index in [-0.39, 0.29) is 42.1 Å². The van der Waals surface area contributed by atoms with Gasteiger partial charge in [0.15, 0.2) is 0 Å². The van der Waals surface area contributed by atoms with Gasteiger partial charge in [-0.15, -0.1) is 0 Å². The zero-order valence-electron chi connectivity index (χ0n) is 20.6. The van der Waals surface area contributed by atoms with E-state index in [2.05, 4.69) is 0 Å². The second kappa shape index (κ2) is 12.3. The van der Waals surface area contributed by atoms with Gasteiger partial charge < -0.3 is 14.2 Å². The van der Waals surface area contributed by atoms with Crippen LogP contribution in [0, 0.1) is 5.82 Å². The number of ether oxygens (including phenoxy) is 3. The van der Waals surface area contributed by atoms with Crippen molar-refractivity contribution in [1.29, 1.82) is 0 Å². The Labute approximate surface area is 216 Å². The van der Waals surface area contributed by atoms with Crippen molar-refractivity contribution in [3.63, 3.8) is 0 Å². The lowest BCUT2D eigenvalue weighted by Crippen LogP contribution is -2.37. The number of benzene rings is 3. The minimum absolute atomic E-state index is 0.0208. The smallest absolute Gasteiger partial charge is 0.339 e. The molecule has 0 saturated carbocycles. The van der Waals surface area contributed by atoms with Crippen LogP contribution in [0.5, 0.6) is 5.75 Å². The number of nitrogens with zero attached hydrogens (tertiary/aromatic N) is 1. The lowest BCUT2D eigenvalue weighted by Gasteiger charge is -2.26. The summed E-state index contributed by atoms with van der Waals surface area (Å²) in [6.45, 7) is 1.07. The van der Waals surface area contributed by atoms with Crippen molar-refractivity contribution < 1.29 is 31.8 Å². The van der Waals surface area contributed by atoms with E-state index in [4.69, 9.17) is 14.2 Å². The van der Waals surface area contributed by atoms with E-state index in [1.807, 2.05) is 6.07 Å². The molecule has 1 fully saturated rings. The number of methoxy groups -OCH3 is 1. The van der Waals surface area contributed by atoms with Gasteiger partial charge in [0.1, 0.15) is 11.6 Å². The van der Waals surface area contributed by atoms with Gasteiger partial charge in [0.05, 0.1) is 30.3 Å². The van der Waals surface area contributed by atoms with Crippen LogP contribution in [0.4, 0.5) is 4.39 Å². The summed E-state index contributed by atoms with van der Waals surface area (Å²) in [5.74, 6) is -0.443. The molecular weight excluding hydrogens is 497 g/mol. The first kappa shape index (κ1) is 26.8. The second-order valence-electron chi connectivity index (χ2n) is 8.76. The molecule has 37 heavy (non-hydrogen) atoms. The maximum Gasteiger partial charge on any atom is 0.339 e. The maximum atomic E-state index is 13.9. The molecule has 0 radical (unpaired) electrons. The van der Waals surface area contributed by atoms with Crippen LogP contribution in [-0.2, 0) is 32.5 Å². The Morgan fingerprint density at radius 3 is 2.62 bits per heavy atom. The molecule has 0 amide bonds. The molecule has 4 rings (SSSR count). The monoisotopic (exact) mass is 527 g/mol. The predicted molar refractivity (Wildman–Crippen MR) is 136 cm³/mol. The summed E-state index contributed by atoms with van der Waals surface area (Å²) in [6, 6.07) is 19.7. The van der Waals surface area contributed by atoms with Crippen molar-refractivity contribution >= 4 is 16.0 Å². The Kier molecular flexibility index (Phi) is 8.91. The summed E-state index contributed by atoms with van der Waals surface area (Å²) in [4.78, 5) is 12.2. The maximum absolute atomic E-state index is 13.9. The van der Waals surface area contributed by atoms with Crippen LogP contribution < -0.4 is 4.74 Å². The van der Waals surface area contributed by atoms with Gasteiger partial charge in [0, 0.05) is 26.1 Å². The van der Waals surface area contributed by atoms with Crippen LogP contribution in [0.1, 0.15) is 34.3 Å². The Morgan fingerprint density at radius 2 is 1.86 bits per heavy atom. The topological polar surface area (TPSA) is 82.1 Å². The highest BCUT2D eigenvalue weighted by Gasteiger charge is 2.32. The van der Waals surface area contributed by atoms with Gasteiger partial charge in [-0.2, -0.15) is 4.31 Å². The fraction of sp³-hybridized carbons (Fsp3) is 0.321. The summed E-state index contributed by atoms with van der Waals surface area (Å²) in [7, 11) is -2.86. The highest BCUT2D eigenvalue weighted by molar-refractivity contribution is 7.89. The van der Waals surface area contributed by atoms with E-state index in [0.29, 0.717) is 29.9 Å². The largest absolute Gasteiger partial charge is 0.493 e. The molecular formula is C28H30FNO6S. The van der Waals surface area contributed by atoms with Gasteiger partial charge in [0.2, 0.25) is 10.0 Å². The Hall–Kier alpha value is -3.27. The molecule has 7 nitrogen and oxygen atoms in total. The molecule has 1 saturated heterocycles. The van der Waals surface area contributed by atoms with Gasteiger partial charge >= 0.3 is 5.97 Å². The van der Waals surface area contributed by atoms with E-state index in [9.17, 15) is 17.6 Å². The average Bonchev–Trinajstić information content (AvgIpc) is 3.42. The minimum atomic E-state index is -4.07. The van der Waals surface area contributed by atoms with Gasteiger partial charge in [-0.05, 0) is 54.3 Å². The van der Waals surface area contributed by atoms with Crippen LogP contribution in [0.3, 0.4) is 0 Å².